The van der Waals surface area contributed by atoms with E-state index in [9.17, 15) is 14.9 Å². The van der Waals surface area contributed by atoms with Crippen molar-refractivity contribution in [1.29, 1.82) is 0 Å². The summed E-state index contributed by atoms with van der Waals surface area (Å²) in [5.74, 6) is 0.318. The maximum atomic E-state index is 16.2. The molecule has 0 radical (unpaired) electrons. The number of hydrogen-bond acceptors (Lipinski definition) is 17. The van der Waals surface area contributed by atoms with Crippen molar-refractivity contribution in [2.75, 3.05) is 87.5 Å². The van der Waals surface area contributed by atoms with Gasteiger partial charge in [-0.3, -0.25) is 24.7 Å². The van der Waals surface area contributed by atoms with Crippen LogP contribution in [0.4, 0.5) is 28.4 Å². The fourth-order valence-corrected chi connectivity index (χ4v) is 15.2. The summed E-state index contributed by atoms with van der Waals surface area (Å²) in [5, 5.41) is 17.2. The molecule has 5 saturated heterocycles. The van der Waals surface area contributed by atoms with E-state index in [1.165, 1.54) is 6.07 Å². The number of rotatable bonds is 12. The molecule has 1 aliphatic carbocycles. The third kappa shape index (κ3) is 8.49. The first kappa shape index (κ1) is 48.4. The number of nitro benzene ring substituents is 1. The molecule has 75 heavy (non-hydrogen) atoms. The Morgan fingerprint density at radius 1 is 0.987 bits per heavy atom. The van der Waals surface area contributed by atoms with Crippen LogP contribution in [0.3, 0.4) is 0 Å². The summed E-state index contributed by atoms with van der Waals surface area (Å²) in [6.45, 7) is 9.87. The molecule has 8 aliphatic rings. The SMILES string of the molecule is CC(C)Oc1ccccc1[C@@H]1COCCN1C1CC2(CCN(c3ccc(C(N)=O)c(N4c5cc6cc[nH]c6nc5O[C@H]5COCC[C@@H]54)c3S(=O)(=O)c3cc4c(c([N+](=O)[O-])c3)N[C@H](CN3C[C@H]5C[C@@H]3CO5)CO4)CC2)C1. The minimum Gasteiger partial charge on any atom is -0.491 e. The Morgan fingerprint density at radius 3 is 2.59 bits per heavy atom. The first-order valence-electron chi connectivity index (χ1n) is 26.5. The van der Waals surface area contributed by atoms with Crippen molar-refractivity contribution in [3.05, 3.63) is 88.1 Å². The Hall–Kier alpha value is -6.23. The molecule has 1 saturated carbocycles. The number of benzene rings is 3. The van der Waals surface area contributed by atoms with Crippen LogP contribution in [0.15, 0.2) is 76.7 Å². The lowest BCUT2D eigenvalue weighted by Crippen LogP contribution is -2.58. The first-order valence-corrected chi connectivity index (χ1v) is 27.9. The number of amides is 1. The highest BCUT2D eigenvalue weighted by molar-refractivity contribution is 7.91. The number of pyridine rings is 1. The van der Waals surface area contributed by atoms with E-state index in [1.54, 1.807) is 18.3 Å². The van der Waals surface area contributed by atoms with Crippen LogP contribution in [0.1, 0.15) is 74.3 Å². The van der Waals surface area contributed by atoms with Gasteiger partial charge in [0, 0.05) is 80.7 Å². The van der Waals surface area contributed by atoms with Crippen molar-refractivity contribution >= 4 is 55.2 Å². The summed E-state index contributed by atoms with van der Waals surface area (Å²) in [6.07, 6.45) is 6.30. The lowest BCUT2D eigenvalue weighted by Gasteiger charge is -2.57. The Balaban J connectivity index is 0.880. The smallest absolute Gasteiger partial charge is 0.297 e. The number of likely N-dealkylation sites (tertiary alicyclic amines) is 1. The molecule has 1 amide bonds. The molecule has 6 fully saturated rings. The van der Waals surface area contributed by atoms with Crippen molar-refractivity contribution < 1.29 is 46.6 Å². The fraction of sp³-hybridized carbons (Fsp3) is 0.519. The third-order valence-electron chi connectivity index (χ3n) is 17.1. The van der Waals surface area contributed by atoms with Crippen molar-refractivity contribution in [2.45, 2.75) is 111 Å². The van der Waals surface area contributed by atoms with Gasteiger partial charge in [0.05, 0.1) is 83.5 Å². The molecule has 13 rings (SSSR count). The molecule has 6 atom stereocenters. The standard InChI is InChI=1S/C54H63N9O11S/c1-31(2)73-45-6-4-3-5-38(45)44-29-70-18-16-61(44)35-23-54(24-35)11-14-59(15-12-54)41-8-7-39(51(55)64)49(62-40-10-17-69-30-47(40)74-53-43(62)19-32-9-13-56-52(32)58-53)50(41)75(67,68)37-21-42(63(65)66)48-46(22-37)72-27-33(57-48)25-60-26-36-20-34(60)28-71-36/h3-9,13,19,21-22,31,33-36,40,44,47,57H,10-12,14-18,20,23-30H2,1-2H3,(H2,55,64)(H,56,58)/t33-,34-,36-,40+,44+,47+/m1/s1. The van der Waals surface area contributed by atoms with Crippen molar-refractivity contribution in [2.24, 2.45) is 11.1 Å². The minimum atomic E-state index is -4.79. The fourth-order valence-electron chi connectivity index (χ4n) is 13.5. The van der Waals surface area contributed by atoms with Gasteiger partial charge in [0.15, 0.2) is 11.4 Å². The van der Waals surface area contributed by atoms with Gasteiger partial charge in [-0.2, -0.15) is 4.98 Å². The number of morpholine rings is 2. The van der Waals surface area contributed by atoms with E-state index in [0.29, 0.717) is 75.5 Å². The molecule has 2 bridgehead atoms. The van der Waals surface area contributed by atoms with E-state index in [1.807, 2.05) is 43.0 Å². The van der Waals surface area contributed by atoms with E-state index in [-0.39, 0.29) is 87.3 Å². The molecule has 4 N–H and O–H groups in total. The third-order valence-corrected chi connectivity index (χ3v) is 18.9. The number of primary amides is 1. The number of aromatic nitrogens is 2. The van der Waals surface area contributed by atoms with E-state index >= 15 is 8.42 Å². The van der Waals surface area contributed by atoms with Crippen molar-refractivity contribution in [3.63, 3.8) is 0 Å². The van der Waals surface area contributed by atoms with Crippen LogP contribution >= 0.6 is 0 Å². The summed E-state index contributed by atoms with van der Waals surface area (Å²) >= 11 is 0. The highest BCUT2D eigenvalue weighted by Gasteiger charge is 2.51. The van der Waals surface area contributed by atoms with Gasteiger partial charge in [-0.05, 0) is 88.1 Å². The quantitative estimate of drug-likeness (QED) is 0.0914. The van der Waals surface area contributed by atoms with E-state index < -0.39 is 38.5 Å². The van der Waals surface area contributed by atoms with Crippen LogP contribution in [-0.4, -0.2) is 154 Å². The highest BCUT2D eigenvalue weighted by Crippen LogP contribution is 2.56. The number of nitrogens with zero attached hydrogens (tertiary/aromatic N) is 6. The highest BCUT2D eigenvalue weighted by atomic mass is 32.2. The summed E-state index contributed by atoms with van der Waals surface area (Å²) in [5.41, 5.74) is 8.58. The molecule has 0 unspecified atom stereocenters. The Kier molecular flexibility index (Phi) is 12.1. The van der Waals surface area contributed by atoms with Gasteiger partial charge in [-0.15, -0.1) is 0 Å². The molecule has 3 aromatic carbocycles. The largest absolute Gasteiger partial charge is 0.491 e. The lowest BCUT2D eigenvalue weighted by molar-refractivity contribution is -0.384. The second-order valence-electron chi connectivity index (χ2n) is 22.0. The number of fused-ring (bicyclic) bond motifs is 6. The number of carbonyl (C=O) groups is 1. The van der Waals surface area contributed by atoms with Crippen LogP contribution in [0.5, 0.6) is 17.4 Å². The molecule has 396 valence electrons. The molecule has 7 aliphatic heterocycles. The number of nitro groups is 1. The van der Waals surface area contributed by atoms with Crippen LogP contribution < -0.4 is 35.1 Å². The number of H-pyrrole nitrogens is 1. The summed E-state index contributed by atoms with van der Waals surface area (Å²) in [7, 11) is -4.79. The number of para-hydroxylation sites is 1. The number of nitrogens with one attached hydrogen (secondary N) is 2. The average molecular weight is 1050 g/mol. The van der Waals surface area contributed by atoms with E-state index in [2.05, 4.69) is 37.1 Å². The number of sulfone groups is 1. The molecule has 1 spiro atoms. The number of anilines is 4. The van der Waals surface area contributed by atoms with Crippen molar-refractivity contribution in [3.8, 4) is 17.4 Å². The zero-order valence-electron chi connectivity index (χ0n) is 42.2. The number of piperidine rings is 1. The van der Waals surface area contributed by atoms with Crippen molar-refractivity contribution in [1.82, 2.24) is 19.8 Å². The van der Waals surface area contributed by atoms with Crippen LogP contribution in [0.25, 0.3) is 11.0 Å². The topological polar surface area (TPSA) is 229 Å². The normalized spacial score (nSPS) is 26.5. The lowest BCUT2D eigenvalue weighted by atomic mass is 9.59. The maximum Gasteiger partial charge on any atom is 0.297 e. The van der Waals surface area contributed by atoms with Gasteiger partial charge in [-0.25, -0.2) is 8.42 Å². The molecular formula is C54H63N9O11S. The monoisotopic (exact) mass is 1050 g/mol. The zero-order valence-corrected chi connectivity index (χ0v) is 43.0. The first-order chi connectivity index (χ1) is 36.3. The van der Waals surface area contributed by atoms with Crippen LogP contribution in [0, 0.1) is 15.5 Å². The molecular weight excluding hydrogens is 983 g/mol. The van der Waals surface area contributed by atoms with E-state index in [0.717, 1.165) is 68.0 Å². The molecule has 21 heteroatoms. The summed E-state index contributed by atoms with van der Waals surface area (Å²) < 4.78 is 69.4. The predicted octanol–water partition coefficient (Wildman–Crippen LogP) is 6.35. The summed E-state index contributed by atoms with van der Waals surface area (Å²) in [6, 6.07) is 17.6. The van der Waals surface area contributed by atoms with Gasteiger partial charge in [-0.1, -0.05) is 18.2 Å². The molecule has 20 nitrogen and oxygen atoms in total. The van der Waals surface area contributed by atoms with Gasteiger partial charge in [0.25, 0.3) is 11.6 Å². The summed E-state index contributed by atoms with van der Waals surface area (Å²) in [4.78, 5) is 42.8. The van der Waals surface area contributed by atoms with Crippen LogP contribution in [0.2, 0.25) is 0 Å². The Morgan fingerprint density at radius 2 is 1.81 bits per heavy atom. The second kappa shape index (κ2) is 18.8. The number of nitrogens with two attached hydrogens (primary N) is 1. The van der Waals surface area contributed by atoms with E-state index in [4.69, 9.17) is 39.1 Å². The average Bonchev–Trinajstić information content (AvgIpc) is 4.18. The number of aromatic amines is 1. The van der Waals surface area contributed by atoms with Gasteiger partial charge < -0.3 is 54.3 Å². The predicted molar refractivity (Wildman–Crippen MR) is 277 cm³/mol. The second-order valence-corrected chi connectivity index (χ2v) is 23.9. The zero-order chi connectivity index (χ0) is 51.3. The molecule has 9 heterocycles. The van der Waals surface area contributed by atoms with Gasteiger partial charge in [0.2, 0.25) is 15.7 Å². The Bertz CT molecular complexity index is 3170. The number of carbonyl (C=O) groups excluding carboxylic acids is 1. The van der Waals surface area contributed by atoms with Crippen LogP contribution in [-0.2, 0) is 24.0 Å². The number of ether oxygens (including phenoxy) is 6. The number of hydrogen-bond donors (Lipinski definition) is 3. The van der Waals surface area contributed by atoms with Gasteiger partial charge >= 0.3 is 0 Å². The molecule has 5 aromatic rings. The van der Waals surface area contributed by atoms with Gasteiger partial charge in [0.1, 0.15) is 34.7 Å². The Labute approximate surface area is 434 Å². The maximum absolute atomic E-state index is 16.2. The minimum absolute atomic E-state index is 0.0303. The molecule has 2 aromatic heterocycles.